The highest BCUT2D eigenvalue weighted by Crippen LogP contribution is 2.28. The van der Waals surface area contributed by atoms with E-state index >= 15 is 0 Å². The largest absolute Gasteiger partial charge is 0.507 e. The first-order valence-corrected chi connectivity index (χ1v) is 8.09. The summed E-state index contributed by atoms with van der Waals surface area (Å²) in [5.41, 5.74) is 3.30. The maximum atomic E-state index is 9.93. The molecule has 2 heterocycles. The highest BCUT2D eigenvalue weighted by atomic mass is 16.3. The van der Waals surface area contributed by atoms with Gasteiger partial charge in [0.05, 0.1) is 5.69 Å². The number of hydrogen-bond donors (Lipinski definition) is 3. The number of rotatable bonds is 5. The van der Waals surface area contributed by atoms with Crippen molar-refractivity contribution in [1.29, 1.82) is 0 Å². The molecule has 4 aromatic rings. The van der Waals surface area contributed by atoms with Crippen LogP contribution in [0.2, 0.25) is 0 Å². The Labute approximate surface area is 144 Å². The summed E-state index contributed by atoms with van der Waals surface area (Å²) in [7, 11) is 0. The lowest BCUT2D eigenvalue weighted by Gasteiger charge is -1.98. The minimum Gasteiger partial charge on any atom is -0.507 e. The zero-order valence-corrected chi connectivity index (χ0v) is 13.5. The van der Waals surface area contributed by atoms with E-state index in [9.17, 15) is 5.11 Å². The molecule has 0 aliphatic rings. The van der Waals surface area contributed by atoms with Gasteiger partial charge in [-0.25, -0.2) is 4.98 Å². The molecule has 0 amide bonds. The molecule has 0 unspecified atom stereocenters. The van der Waals surface area contributed by atoms with Gasteiger partial charge in [0.2, 0.25) is 0 Å². The van der Waals surface area contributed by atoms with Crippen LogP contribution in [0.15, 0.2) is 60.7 Å². The Balaban J connectivity index is 1.50. The van der Waals surface area contributed by atoms with Gasteiger partial charge in [-0.3, -0.25) is 10.2 Å². The molecule has 6 nitrogen and oxygen atoms in total. The first-order valence-electron chi connectivity index (χ1n) is 8.09. The van der Waals surface area contributed by atoms with E-state index < -0.39 is 0 Å². The number of aryl methyl sites for hydroxylation is 2. The van der Waals surface area contributed by atoms with Crippen LogP contribution in [0.4, 0.5) is 0 Å². The molecule has 0 bridgehead atoms. The smallest absolute Gasteiger partial charge is 0.199 e. The Hall–Kier alpha value is -3.41. The van der Waals surface area contributed by atoms with Gasteiger partial charge in [-0.15, -0.1) is 0 Å². The molecule has 0 radical (unpaired) electrons. The summed E-state index contributed by atoms with van der Waals surface area (Å²) in [5.74, 6) is 1.59. The van der Waals surface area contributed by atoms with Crippen molar-refractivity contribution in [3.8, 4) is 28.5 Å². The fourth-order valence-electron chi connectivity index (χ4n) is 2.70. The monoisotopic (exact) mass is 331 g/mol. The van der Waals surface area contributed by atoms with Crippen LogP contribution in [0.5, 0.6) is 5.75 Å². The second-order valence-electron chi connectivity index (χ2n) is 5.78. The molecule has 0 aliphatic heterocycles. The predicted octanol–water partition coefficient (Wildman–Crippen LogP) is 3.35. The molecule has 4 rings (SSSR count). The van der Waals surface area contributed by atoms with E-state index in [-0.39, 0.29) is 5.75 Å². The summed E-state index contributed by atoms with van der Waals surface area (Å²) in [6.45, 7) is 0. The minimum atomic E-state index is 0.194. The lowest BCUT2D eigenvalue weighted by Crippen LogP contribution is -1.93. The van der Waals surface area contributed by atoms with Crippen molar-refractivity contribution in [1.82, 2.24) is 25.4 Å². The van der Waals surface area contributed by atoms with Crippen molar-refractivity contribution in [3.05, 3.63) is 72.1 Å². The van der Waals surface area contributed by atoms with Gasteiger partial charge in [0, 0.05) is 12.0 Å². The molecule has 6 heteroatoms. The van der Waals surface area contributed by atoms with E-state index in [4.69, 9.17) is 0 Å². The van der Waals surface area contributed by atoms with Crippen molar-refractivity contribution in [2.24, 2.45) is 0 Å². The molecule has 2 aromatic carbocycles. The number of aromatic nitrogens is 5. The van der Waals surface area contributed by atoms with Crippen molar-refractivity contribution >= 4 is 0 Å². The average Bonchev–Trinajstić information content (AvgIpc) is 3.31. The van der Waals surface area contributed by atoms with Crippen LogP contribution >= 0.6 is 0 Å². The van der Waals surface area contributed by atoms with Gasteiger partial charge >= 0.3 is 0 Å². The average molecular weight is 331 g/mol. The number of hydrogen-bond acceptors (Lipinski definition) is 4. The molecule has 0 spiro atoms. The van der Waals surface area contributed by atoms with Gasteiger partial charge in [0.15, 0.2) is 5.82 Å². The molecule has 3 N–H and O–H groups in total. The molecule has 124 valence electrons. The number of para-hydroxylation sites is 1. The van der Waals surface area contributed by atoms with Crippen LogP contribution in [-0.4, -0.2) is 30.5 Å². The number of nitrogens with one attached hydrogen (secondary N) is 2. The zero-order valence-electron chi connectivity index (χ0n) is 13.5. The fraction of sp³-hybridized carbons (Fsp3) is 0.105. The van der Waals surface area contributed by atoms with Gasteiger partial charge in [0.25, 0.3) is 0 Å². The SMILES string of the molecule is Oc1ccccc1-c1cc(-c2n[nH]c(CCc3ccccc3)n2)[nH]n1. The first kappa shape index (κ1) is 15.1. The third-order valence-electron chi connectivity index (χ3n) is 4.02. The fourth-order valence-corrected chi connectivity index (χ4v) is 2.70. The summed E-state index contributed by atoms with van der Waals surface area (Å²) in [5, 5.41) is 24.3. The van der Waals surface area contributed by atoms with Crippen molar-refractivity contribution in [3.63, 3.8) is 0 Å². The van der Waals surface area contributed by atoms with Crippen LogP contribution in [-0.2, 0) is 12.8 Å². The maximum Gasteiger partial charge on any atom is 0.199 e. The Morgan fingerprint density at radius 1 is 0.840 bits per heavy atom. The quantitative estimate of drug-likeness (QED) is 0.523. The molecular weight excluding hydrogens is 314 g/mol. The van der Waals surface area contributed by atoms with Crippen LogP contribution in [0, 0.1) is 0 Å². The summed E-state index contributed by atoms with van der Waals surface area (Å²) < 4.78 is 0. The number of phenols is 1. The first-order chi connectivity index (χ1) is 12.3. The third kappa shape index (κ3) is 3.28. The molecule has 0 atom stereocenters. The van der Waals surface area contributed by atoms with Crippen molar-refractivity contribution in [2.45, 2.75) is 12.8 Å². The van der Waals surface area contributed by atoms with Crippen molar-refractivity contribution in [2.75, 3.05) is 0 Å². The predicted molar refractivity (Wildman–Crippen MR) is 94.9 cm³/mol. The number of H-pyrrole nitrogens is 2. The minimum absolute atomic E-state index is 0.194. The Morgan fingerprint density at radius 3 is 2.48 bits per heavy atom. The van der Waals surface area contributed by atoms with E-state index in [0.29, 0.717) is 22.8 Å². The van der Waals surface area contributed by atoms with Crippen LogP contribution in [0.25, 0.3) is 22.8 Å². The van der Waals surface area contributed by atoms with Gasteiger partial charge < -0.3 is 5.11 Å². The molecule has 0 fully saturated rings. The Bertz CT molecular complexity index is 974. The van der Waals surface area contributed by atoms with Gasteiger partial charge in [-0.1, -0.05) is 42.5 Å². The van der Waals surface area contributed by atoms with Gasteiger partial charge in [0.1, 0.15) is 17.3 Å². The van der Waals surface area contributed by atoms with Gasteiger partial charge in [-0.2, -0.15) is 10.2 Å². The molecule has 0 saturated carbocycles. The summed E-state index contributed by atoms with van der Waals surface area (Å²) >= 11 is 0. The molecule has 2 aromatic heterocycles. The van der Waals surface area contributed by atoms with Crippen LogP contribution < -0.4 is 0 Å². The second-order valence-corrected chi connectivity index (χ2v) is 5.78. The highest BCUT2D eigenvalue weighted by Gasteiger charge is 2.12. The molecule has 25 heavy (non-hydrogen) atoms. The van der Waals surface area contributed by atoms with E-state index in [1.807, 2.05) is 36.4 Å². The molecule has 0 aliphatic carbocycles. The van der Waals surface area contributed by atoms with E-state index in [1.165, 1.54) is 5.56 Å². The maximum absolute atomic E-state index is 9.93. The number of benzene rings is 2. The Morgan fingerprint density at radius 2 is 1.64 bits per heavy atom. The second kappa shape index (κ2) is 6.60. The summed E-state index contributed by atoms with van der Waals surface area (Å²) in [6.07, 6.45) is 1.69. The highest BCUT2D eigenvalue weighted by molar-refractivity contribution is 5.69. The van der Waals surface area contributed by atoms with E-state index in [0.717, 1.165) is 18.7 Å². The summed E-state index contributed by atoms with van der Waals surface area (Å²) in [6, 6.07) is 19.2. The number of aromatic amines is 2. The normalized spacial score (nSPS) is 10.9. The van der Waals surface area contributed by atoms with Crippen LogP contribution in [0.1, 0.15) is 11.4 Å². The molecular formula is C19H17N5O. The zero-order chi connectivity index (χ0) is 17.1. The van der Waals surface area contributed by atoms with Gasteiger partial charge in [-0.05, 0) is 30.2 Å². The lowest BCUT2D eigenvalue weighted by atomic mass is 10.1. The van der Waals surface area contributed by atoms with E-state index in [2.05, 4.69) is 37.5 Å². The lowest BCUT2D eigenvalue weighted by molar-refractivity contribution is 0.477. The number of nitrogens with zero attached hydrogens (tertiary/aromatic N) is 3. The molecule has 0 saturated heterocycles. The number of phenolic OH excluding ortho intramolecular Hbond substituents is 1. The third-order valence-corrected chi connectivity index (χ3v) is 4.02. The van der Waals surface area contributed by atoms with Crippen LogP contribution in [0.3, 0.4) is 0 Å². The number of aromatic hydroxyl groups is 1. The topological polar surface area (TPSA) is 90.5 Å². The van der Waals surface area contributed by atoms with E-state index in [1.54, 1.807) is 12.1 Å². The standard InChI is InChI=1S/C19H17N5O/c25-17-9-5-4-8-14(17)15-12-16(22-21-15)19-20-18(23-24-19)11-10-13-6-2-1-3-7-13/h1-9,12,25H,10-11H2,(H,21,22)(H,20,23,24). The Kier molecular flexibility index (Phi) is 4.00. The van der Waals surface area contributed by atoms with Crippen molar-refractivity contribution < 1.29 is 5.11 Å². The summed E-state index contributed by atoms with van der Waals surface area (Å²) in [4.78, 5) is 4.52.